The molecule has 5 rings (SSSR count). The zero-order chi connectivity index (χ0) is 17.4. The second-order valence-electron chi connectivity index (χ2n) is 9.13. The highest BCUT2D eigenvalue weighted by molar-refractivity contribution is 5.78. The van der Waals surface area contributed by atoms with Gasteiger partial charge in [0.1, 0.15) is 0 Å². The van der Waals surface area contributed by atoms with Crippen LogP contribution in [0, 0.1) is 23.7 Å². The number of nitrogens with two attached hydrogens (primary N) is 1. The minimum atomic E-state index is -0.107. The van der Waals surface area contributed by atoms with Crippen molar-refractivity contribution in [2.24, 2.45) is 29.4 Å². The SMILES string of the molecule is NC(CNC(=O)CCNC(=O)NC12CC3CC(CC(C3)C1)C2)C1CC1. The van der Waals surface area contributed by atoms with Crippen LogP contribution in [0.4, 0.5) is 4.79 Å². The van der Waals surface area contributed by atoms with Crippen molar-refractivity contribution in [1.82, 2.24) is 16.0 Å². The zero-order valence-corrected chi connectivity index (χ0v) is 15.1. The third kappa shape index (κ3) is 4.10. The van der Waals surface area contributed by atoms with Gasteiger partial charge in [0, 0.05) is 31.1 Å². The largest absolute Gasteiger partial charge is 0.354 e. The Balaban J connectivity index is 1.15. The highest BCUT2D eigenvalue weighted by Gasteiger charge is 2.51. The second-order valence-corrected chi connectivity index (χ2v) is 9.13. The van der Waals surface area contributed by atoms with E-state index in [0.29, 0.717) is 25.4 Å². The number of nitrogens with one attached hydrogen (secondary N) is 3. The molecule has 5 N–H and O–H groups in total. The first kappa shape index (κ1) is 17.1. The van der Waals surface area contributed by atoms with Crippen LogP contribution in [0.2, 0.25) is 0 Å². The fourth-order valence-electron chi connectivity index (χ4n) is 5.85. The van der Waals surface area contributed by atoms with Crippen LogP contribution in [-0.4, -0.2) is 36.6 Å². The molecule has 4 bridgehead atoms. The Morgan fingerprint density at radius 2 is 1.60 bits per heavy atom. The monoisotopic (exact) mass is 348 g/mol. The number of hydrogen-bond acceptors (Lipinski definition) is 3. The van der Waals surface area contributed by atoms with E-state index >= 15 is 0 Å². The summed E-state index contributed by atoms with van der Waals surface area (Å²) in [4.78, 5) is 24.1. The van der Waals surface area contributed by atoms with Crippen molar-refractivity contribution in [1.29, 1.82) is 0 Å². The van der Waals surface area contributed by atoms with Crippen LogP contribution < -0.4 is 21.7 Å². The van der Waals surface area contributed by atoms with Gasteiger partial charge in [-0.15, -0.1) is 0 Å². The zero-order valence-electron chi connectivity index (χ0n) is 15.1. The lowest BCUT2D eigenvalue weighted by molar-refractivity contribution is -0.121. The first-order valence-electron chi connectivity index (χ1n) is 10.1. The Kier molecular flexibility index (Phi) is 4.65. The molecule has 0 aromatic rings. The number of rotatable bonds is 7. The summed E-state index contributed by atoms with van der Waals surface area (Å²) in [7, 11) is 0. The maximum atomic E-state index is 12.3. The van der Waals surface area contributed by atoms with Gasteiger partial charge in [-0.1, -0.05) is 0 Å². The van der Waals surface area contributed by atoms with Gasteiger partial charge in [-0.05, 0) is 75.0 Å². The van der Waals surface area contributed by atoms with Gasteiger partial charge in [-0.25, -0.2) is 4.79 Å². The molecule has 5 aliphatic rings. The molecule has 6 nitrogen and oxygen atoms in total. The standard InChI is InChI=1S/C19H32N4O2/c20-16(15-1-2-15)11-22-17(24)3-4-21-18(25)23-19-8-12-5-13(9-19)7-14(6-12)10-19/h12-16H,1-11,20H2,(H,22,24)(H2,21,23,25). The molecule has 0 saturated heterocycles. The normalized spacial score (nSPS) is 36.8. The molecule has 0 spiro atoms. The van der Waals surface area contributed by atoms with Gasteiger partial charge in [0.15, 0.2) is 0 Å². The molecule has 3 amide bonds. The fraction of sp³-hybridized carbons (Fsp3) is 0.895. The molecule has 0 heterocycles. The molecule has 5 aliphatic carbocycles. The highest BCUT2D eigenvalue weighted by atomic mass is 16.2. The lowest BCUT2D eigenvalue weighted by Gasteiger charge is -2.56. The van der Waals surface area contributed by atoms with Crippen LogP contribution in [-0.2, 0) is 4.79 Å². The number of hydrogen-bond donors (Lipinski definition) is 4. The average Bonchev–Trinajstić information content (AvgIpc) is 3.35. The molecule has 0 aliphatic heterocycles. The lowest BCUT2D eigenvalue weighted by atomic mass is 9.53. The quantitative estimate of drug-likeness (QED) is 0.561. The van der Waals surface area contributed by atoms with Crippen LogP contribution in [0.25, 0.3) is 0 Å². The topological polar surface area (TPSA) is 96.2 Å². The third-order valence-electron chi connectivity index (χ3n) is 6.82. The van der Waals surface area contributed by atoms with Crippen molar-refractivity contribution in [3.05, 3.63) is 0 Å². The third-order valence-corrected chi connectivity index (χ3v) is 6.82. The molecular weight excluding hydrogens is 316 g/mol. The van der Waals surface area contributed by atoms with Gasteiger partial charge in [0.2, 0.25) is 5.91 Å². The molecule has 0 aromatic carbocycles. The molecule has 1 unspecified atom stereocenters. The molecule has 6 heteroatoms. The van der Waals surface area contributed by atoms with Gasteiger partial charge in [0.05, 0.1) is 0 Å². The number of amides is 3. The number of carbonyl (C=O) groups excluding carboxylic acids is 2. The minimum absolute atomic E-state index is 0.0259. The van der Waals surface area contributed by atoms with Crippen LogP contribution in [0.3, 0.4) is 0 Å². The summed E-state index contributed by atoms with van der Waals surface area (Å²) in [6, 6.07) is -0.0271. The summed E-state index contributed by atoms with van der Waals surface area (Å²) >= 11 is 0. The lowest BCUT2D eigenvalue weighted by Crippen LogP contribution is -2.61. The van der Waals surface area contributed by atoms with E-state index < -0.39 is 0 Å². The van der Waals surface area contributed by atoms with Crippen molar-refractivity contribution in [2.45, 2.75) is 69.4 Å². The maximum Gasteiger partial charge on any atom is 0.315 e. The average molecular weight is 348 g/mol. The maximum absolute atomic E-state index is 12.3. The predicted molar refractivity (Wildman–Crippen MR) is 95.8 cm³/mol. The van der Waals surface area contributed by atoms with Crippen molar-refractivity contribution >= 4 is 11.9 Å². The molecule has 5 saturated carbocycles. The van der Waals surface area contributed by atoms with Crippen LogP contribution >= 0.6 is 0 Å². The van der Waals surface area contributed by atoms with Gasteiger partial charge in [0.25, 0.3) is 0 Å². The van der Waals surface area contributed by atoms with E-state index in [0.717, 1.165) is 37.0 Å². The molecular formula is C19H32N4O2. The van der Waals surface area contributed by atoms with Crippen molar-refractivity contribution in [2.75, 3.05) is 13.1 Å². The van der Waals surface area contributed by atoms with Gasteiger partial charge in [-0.2, -0.15) is 0 Å². The summed E-state index contributed by atoms with van der Waals surface area (Å²) in [5.41, 5.74) is 6.00. The Morgan fingerprint density at radius 3 is 2.16 bits per heavy atom. The Morgan fingerprint density at radius 1 is 1.00 bits per heavy atom. The summed E-state index contributed by atoms with van der Waals surface area (Å²) in [5, 5.41) is 9.01. The Bertz CT molecular complexity index is 496. The minimum Gasteiger partial charge on any atom is -0.354 e. The smallest absolute Gasteiger partial charge is 0.315 e. The molecule has 140 valence electrons. The van der Waals surface area contributed by atoms with E-state index in [1.807, 2.05) is 0 Å². The van der Waals surface area contributed by atoms with Gasteiger partial charge in [-0.3, -0.25) is 4.79 Å². The molecule has 25 heavy (non-hydrogen) atoms. The van der Waals surface area contributed by atoms with E-state index in [4.69, 9.17) is 5.73 Å². The van der Waals surface area contributed by atoms with Crippen LogP contribution in [0.15, 0.2) is 0 Å². The van der Waals surface area contributed by atoms with Crippen LogP contribution in [0.1, 0.15) is 57.8 Å². The van der Waals surface area contributed by atoms with E-state index in [1.54, 1.807) is 0 Å². The van der Waals surface area contributed by atoms with E-state index in [2.05, 4.69) is 16.0 Å². The first-order valence-corrected chi connectivity index (χ1v) is 10.1. The Labute approximate surface area is 150 Å². The predicted octanol–water partition coefficient (Wildman–Crippen LogP) is 1.50. The Hall–Kier alpha value is -1.30. The van der Waals surface area contributed by atoms with Gasteiger partial charge < -0.3 is 21.7 Å². The molecule has 0 aromatic heterocycles. The van der Waals surface area contributed by atoms with E-state index in [-0.39, 0.29) is 23.5 Å². The first-order chi connectivity index (χ1) is 12.0. The molecule has 1 atom stereocenters. The van der Waals surface area contributed by atoms with Crippen molar-refractivity contribution in [3.8, 4) is 0 Å². The summed E-state index contributed by atoms with van der Waals surface area (Å²) < 4.78 is 0. The number of carbonyl (C=O) groups is 2. The second kappa shape index (κ2) is 6.78. The molecule has 5 fully saturated rings. The molecule has 0 radical (unpaired) electrons. The number of urea groups is 1. The van der Waals surface area contributed by atoms with E-state index in [1.165, 1.54) is 32.1 Å². The highest BCUT2D eigenvalue weighted by Crippen LogP contribution is 2.55. The summed E-state index contributed by atoms with van der Waals surface area (Å²) in [6.45, 7) is 0.922. The summed E-state index contributed by atoms with van der Waals surface area (Å²) in [5.74, 6) is 2.99. The van der Waals surface area contributed by atoms with E-state index in [9.17, 15) is 9.59 Å². The van der Waals surface area contributed by atoms with Crippen molar-refractivity contribution in [3.63, 3.8) is 0 Å². The van der Waals surface area contributed by atoms with Crippen LogP contribution in [0.5, 0.6) is 0 Å². The van der Waals surface area contributed by atoms with Crippen molar-refractivity contribution < 1.29 is 9.59 Å². The van der Waals surface area contributed by atoms with Gasteiger partial charge >= 0.3 is 6.03 Å². The summed E-state index contributed by atoms with van der Waals surface area (Å²) in [6.07, 6.45) is 10.2. The fourth-order valence-corrected chi connectivity index (χ4v) is 5.85.